The van der Waals surface area contributed by atoms with Gasteiger partial charge in [-0.3, -0.25) is 9.69 Å². The molecule has 1 spiro atoms. The van der Waals surface area contributed by atoms with Crippen LogP contribution in [0.25, 0.3) is 0 Å². The third-order valence-electron chi connectivity index (χ3n) is 6.30. The lowest BCUT2D eigenvalue weighted by molar-refractivity contribution is -0.127. The van der Waals surface area contributed by atoms with Gasteiger partial charge in [0.05, 0.1) is 13.2 Å². The van der Waals surface area contributed by atoms with Crippen LogP contribution >= 0.6 is 24.0 Å². The lowest BCUT2D eigenvalue weighted by Crippen LogP contribution is -2.43. The molecule has 8 heteroatoms. The Labute approximate surface area is 187 Å². The third-order valence-corrected chi connectivity index (χ3v) is 6.30. The van der Waals surface area contributed by atoms with Crippen molar-refractivity contribution in [1.82, 2.24) is 20.0 Å². The van der Waals surface area contributed by atoms with E-state index in [0.717, 1.165) is 64.9 Å². The van der Waals surface area contributed by atoms with Crippen molar-refractivity contribution >= 4 is 35.8 Å². The van der Waals surface area contributed by atoms with Crippen molar-refractivity contribution < 1.29 is 9.53 Å². The van der Waals surface area contributed by atoms with Crippen LogP contribution in [0.15, 0.2) is 4.99 Å². The molecule has 0 radical (unpaired) electrons. The quantitative estimate of drug-likeness (QED) is 0.256. The lowest BCUT2D eigenvalue weighted by atomic mass is 9.86. The number of nitrogens with zero attached hydrogens (tertiary/aromatic N) is 4. The first-order valence-corrected chi connectivity index (χ1v) is 10.6. The molecule has 1 N–H and O–H groups in total. The topological polar surface area (TPSA) is 60.4 Å². The van der Waals surface area contributed by atoms with Gasteiger partial charge in [0, 0.05) is 46.8 Å². The fraction of sp³-hybridized carbons (Fsp3) is 0.900. The zero-order valence-electron chi connectivity index (χ0n) is 17.6. The van der Waals surface area contributed by atoms with Gasteiger partial charge in [-0.25, -0.2) is 4.99 Å². The maximum atomic E-state index is 12.0. The molecule has 0 aromatic rings. The monoisotopic (exact) mass is 507 g/mol. The van der Waals surface area contributed by atoms with Gasteiger partial charge in [0.2, 0.25) is 5.91 Å². The summed E-state index contributed by atoms with van der Waals surface area (Å²) in [4.78, 5) is 23.1. The van der Waals surface area contributed by atoms with E-state index in [1.807, 2.05) is 0 Å². The summed E-state index contributed by atoms with van der Waals surface area (Å²) in [6.45, 7) is 8.14. The molecule has 0 bridgehead atoms. The second-order valence-corrected chi connectivity index (χ2v) is 8.54. The SMILES string of the molecule is CN(C)C(=O)CN=C(NCCCN1CCOCC1)N1CCC2(CCCC2)C1.I. The normalized spacial score (nSPS) is 22.4. The number of amides is 1. The van der Waals surface area contributed by atoms with Crippen molar-refractivity contribution in [3.05, 3.63) is 0 Å². The molecule has 3 aliphatic rings. The number of likely N-dealkylation sites (tertiary alicyclic amines) is 1. The van der Waals surface area contributed by atoms with Gasteiger partial charge in [-0.2, -0.15) is 0 Å². The van der Waals surface area contributed by atoms with Crippen molar-refractivity contribution in [3.63, 3.8) is 0 Å². The molecule has 28 heavy (non-hydrogen) atoms. The summed E-state index contributed by atoms with van der Waals surface area (Å²) in [6, 6.07) is 0. The highest BCUT2D eigenvalue weighted by atomic mass is 127. The summed E-state index contributed by atoms with van der Waals surface area (Å²) in [5.74, 6) is 0.980. The van der Waals surface area contributed by atoms with Gasteiger partial charge in [0.1, 0.15) is 6.54 Å². The number of morpholine rings is 1. The first-order chi connectivity index (χ1) is 13.1. The highest BCUT2D eigenvalue weighted by Gasteiger charge is 2.41. The van der Waals surface area contributed by atoms with E-state index < -0.39 is 0 Å². The summed E-state index contributed by atoms with van der Waals surface area (Å²) in [7, 11) is 3.58. The molecule has 3 rings (SSSR count). The van der Waals surface area contributed by atoms with Crippen LogP contribution in [0, 0.1) is 5.41 Å². The van der Waals surface area contributed by atoms with E-state index in [0.29, 0.717) is 5.41 Å². The van der Waals surface area contributed by atoms with Crippen LogP contribution in [0.4, 0.5) is 0 Å². The fourth-order valence-corrected chi connectivity index (χ4v) is 4.53. The van der Waals surface area contributed by atoms with Gasteiger partial charge in [0.25, 0.3) is 0 Å². The average molecular weight is 507 g/mol. The van der Waals surface area contributed by atoms with Crippen molar-refractivity contribution in [1.29, 1.82) is 0 Å². The Balaban J connectivity index is 0.00000280. The highest BCUT2D eigenvalue weighted by Crippen LogP contribution is 2.45. The zero-order chi connectivity index (χ0) is 19.1. The van der Waals surface area contributed by atoms with E-state index in [1.54, 1.807) is 19.0 Å². The van der Waals surface area contributed by atoms with Crippen molar-refractivity contribution in [2.45, 2.75) is 38.5 Å². The molecular weight excluding hydrogens is 469 g/mol. The van der Waals surface area contributed by atoms with Gasteiger partial charge in [-0.1, -0.05) is 12.8 Å². The number of guanidine groups is 1. The molecule has 2 aliphatic heterocycles. The molecule has 0 aromatic carbocycles. The van der Waals surface area contributed by atoms with Crippen molar-refractivity contribution in [3.8, 4) is 0 Å². The number of carbonyl (C=O) groups is 1. The molecule has 1 amide bonds. The Bertz CT molecular complexity index is 517. The Kier molecular flexibility index (Phi) is 9.76. The van der Waals surface area contributed by atoms with E-state index >= 15 is 0 Å². The average Bonchev–Trinajstić information content (AvgIpc) is 3.31. The molecule has 2 heterocycles. The number of rotatable bonds is 6. The van der Waals surface area contributed by atoms with E-state index in [1.165, 1.54) is 32.1 Å². The number of ether oxygens (including phenoxy) is 1. The fourth-order valence-electron chi connectivity index (χ4n) is 4.53. The Morgan fingerprint density at radius 3 is 2.54 bits per heavy atom. The van der Waals surface area contributed by atoms with Crippen LogP contribution in [-0.2, 0) is 9.53 Å². The van der Waals surface area contributed by atoms with Gasteiger partial charge in [0.15, 0.2) is 5.96 Å². The lowest BCUT2D eigenvalue weighted by Gasteiger charge is -2.28. The van der Waals surface area contributed by atoms with Crippen molar-refractivity contribution in [2.24, 2.45) is 10.4 Å². The van der Waals surface area contributed by atoms with E-state index in [4.69, 9.17) is 4.74 Å². The van der Waals surface area contributed by atoms with Crippen molar-refractivity contribution in [2.75, 3.05) is 73.1 Å². The number of nitrogens with one attached hydrogen (secondary N) is 1. The Morgan fingerprint density at radius 1 is 1.14 bits per heavy atom. The maximum absolute atomic E-state index is 12.0. The molecule has 1 aliphatic carbocycles. The van der Waals surface area contributed by atoms with Crippen LogP contribution in [-0.4, -0.2) is 99.7 Å². The summed E-state index contributed by atoms with van der Waals surface area (Å²) in [5.41, 5.74) is 0.502. The number of carbonyl (C=O) groups excluding carboxylic acids is 1. The largest absolute Gasteiger partial charge is 0.379 e. The van der Waals surface area contributed by atoms with Gasteiger partial charge in [-0.05, 0) is 37.6 Å². The first-order valence-electron chi connectivity index (χ1n) is 10.6. The summed E-state index contributed by atoms with van der Waals surface area (Å²) < 4.78 is 5.41. The van der Waals surface area contributed by atoms with Crippen LogP contribution in [0.1, 0.15) is 38.5 Å². The highest BCUT2D eigenvalue weighted by molar-refractivity contribution is 14.0. The van der Waals surface area contributed by atoms with E-state index in [-0.39, 0.29) is 36.4 Å². The predicted octanol–water partition coefficient (Wildman–Crippen LogP) is 1.63. The number of halogens is 1. The number of aliphatic imine (C=N–C) groups is 1. The number of hydrogen-bond acceptors (Lipinski definition) is 4. The zero-order valence-corrected chi connectivity index (χ0v) is 20.0. The molecule has 0 atom stereocenters. The summed E-state index contributed by atoms with van der Waals surface area (Å²) in [5, 5.41) is 3.55. The van der Waals surface area contributed by atoms with Gasteiger partial charge < -0.3 is 19.9 Å². The Morgan fingerprint density at radius 2 is 1.86 bits per heavy atom. The minimum atomic E-state index is 0. The molecular formula is C20H38IN5O2. The predicted molar refractivity (Wildman–Crippen MR) is 123 cm³/mol. The smallest absolute Gasteiger partial charge is 0.243 e. The van der Waals surface area contributed by atoms with E-state index in [9.17, 15) is 4.79 Å². The molecule has 0 aromatic heterocycles. The second kappa shape index (κ2) is 11.5. The number of hydrogen-bond donors (Lipinski definition) is 1. The van der Waals surface area contributed by atoms with Crippen LogP contribution < -0.4 is 5.32 Å². The molecule has 2 saturated heterocycles. The Hall–Kier alpha value is -0.610. The van der Waals surface area contributed by atoms with Gasteiger partial charge >= 0.3 is 0 Å². The molecule has 3 fully saturated rings. The minimum absolute atomic E-state index is 0. The van der Waals surface area contributed by atoms with Crippen LogP contribution in [0.5, 0.6) is 0 Å². The van der Waals surface area contributed by atoms with Crippen LogP contribution in [0.2, 0.25) is 0 Å². The van der Waals surface area contributed by atoms with Gasteiger partial charge in [-0.15, -0.1) is 24.0 Å². The summed E-state index contributed by atoms with van der Waals surface area (Å²) >= 11 is 0. The molecule has 0 unspecified atom stereocenters. The van der Waals surface area contributed by atoms with E-state index in [2.05, 4.69) is 20.1 Å². The van der Waals surface area contributed by atoms with Crippen LogP contribution in [0.3, 0.4) is 0 Å². The minimum Gasteiger partial charge on any atom is -0.379 e. The molecule has 7 nitrogen and oxygen atoms in total. The maximum Gasteiger partial charge on any atom is 0.243 e. The molecule has 162 valence electrons. The summed E-state index contributed by atoms with van der Waals surface area (Å²) in [6.07, 6.45) is 7.79. The first kappa shape index (κ1) is 23.7. The molecule has 1 saturated carbocycles. The third kappa shape index (κ3) is 6.73. The number of likely N-dealkylation sites (N-methyl/N-ethyl adjacent to an activating group) is 1. The second-order valence-electron chi connectivity index (χ2n) is 8.54. The standard InChI is InChI=1S/C20H37N5O2.HI/c1-23(2)18(26)16-22-19(21-9-5-10-24-12-14-27-15-13-24)25-11-8-20(17-25)6-3-4-7-20;/h3-17H2,1-2H3,(H,21,22);1H.